The molecule has 18 nitrogen and oxygen atoms in total. The molecule has 65 heavy (non-hydrogen) atoms. The van der Waals surface area contributed by atoms with Gasteiger partial charge in [0, 0.05) is 43.0 Å². The summed E-state index contributed by atoms with van der Waals surface area (Å²) in [6.45, 7) is 8.14. The number of fused-ring (bicyclic) bond motifs is 3. The molecule has 0 bridgehead atoms. The Balaban J connectivity index is 1.36. The first-order valence-corrected chi connectivity index (χ1v) is 22.7. The van der Waals surface area contributed by atoms with Gasteiger partial charge in [-0.15, -0.1) is 0 Å². The molecular formula is C47H63N9O9. The molecule has 3 fully saturated rings. The molecule has 8 amide bonds. The van der Waals surface area contributed by atoms with Crippen LogP contribution < -0.4 is 31.9 Å². The van der Waals surface area contributed by atoms with E-state index in [1.54, 1.807) is 51.2 Å². The second-order valence-corrected chi connectivity index (χ2v) is 17.9. The Bertz CT molecular complexity index is 2230. The van der Waals surface area contributed by atoms with E-state index < -0.39 is 114 Å². The van der Waals surface area contributed by atoms with Gasteiger partial charge in [-0.3, -0.25) is 38.4 Å². The van der Waals surface area contributed by atoms with Gasteiger partial charge in [-0.1, -0.05) is 82.6 Å². The molecule has 9 atom stereocenters. The Morgan fingerprint density at radius 1 is 0.631 bits per heavy atom. The third-order valence-corrected chi connectivity index (χ3v) is 12.8. The Labute approximate surface area is 378 Å². The van der Waals surface area contributed by atoms with E-state index in [4.69, 9.17) is 0 Å². The van der Waals surface area contributed by atoms with E-state index in [0.29, 0.717) is 24.8 Å². The van der Waals surface area contributed by atoms with Crippen molar-refractivity contribution in [2.75, 3.05) is 19.6 Å². The van der Waals surface area contributed by atoms with Gasteiger partial charge in [-0.25, -0.2) is 0 Å². The summed E-state index contributed by atoms with van der Waals surface area (Å²) in [5, 5.41) is 28.2. The summed E-state index contributed by atoms with van der Waals surface area (Å²) in [6.07, 6.45) is 2.28. The van der Waals surface area contributed by atoms with Crippen LogP contribution in [0.1, 0.15) is 77.8 Å². The van der Waals surface area contributed by atoms with Crippen molar-refractivity contribution in [3.63, 3.8) is 0 Å². The number of carbonyl (C=O) groups is 8. The Morgan fingerprint density at radius 3 is 1.85 bits per heavy atom. The van der Waals surface area contributed by atoms with Crippen molar-refractivity contribution in [3.8, 4) is 0 Å². The highest BCUT2D eigenvalue weighted by Crippen LogP contribution is 2.24. The summed E-state index contributed by atoms with van der Waals surface area (Å²) in [5.41, 5.74) is 2.25. The van der Waals surface area contributed by atoms with Crippen LogP contribution in [0.15, 0.2) is 60.8 Å². The van der Waals surface area contributed by atoms with Gasteiger partial charge in [0.2, 0.25) is 47.3 Å². The van der Waals surface area contributed by atoms with Crippen LogP contribution in [-0.4, -0.2) is 135 Å². The molecule has 350 valence electrons. The molecule has 1 aromatic heterocycles. The van der Waals surface area contributed by atoms with E-state index >= 15 is 0 Å². The molecule has 6 rings (SSSR count). The van der Waals surface area contributed by atoms with Crippen molar-refractivity contribution in [2.45, 2.75) is 128 Å². The van der Waals surface area contributed by atoms with Gasteiger partial charge in [0.15, 0.2) is 0 Å². The zero-order chi connectivity index (χ0) is 46.9. The van der Waals surface area contributed by atoms with Gasteiger partial charge in [0.05, 0.1) is 12.6 Å². The Morgan fingerprint density at radius 2 is 1.22 bits per heavy atom. The topological polar surface area (TPSA) is 251 Å². The first-order chi connectivity index (χ1) is 31.1. The second-order valence-electron chi connectivity index (χ2n) is 17.9. The number of aromatic amines is 1. The van der Waals surface area contributed by atoms with Crippen LogP contribution in [0.2, 0.25) is 0 Å². The number of hydrogen-bond donors (Lipinski definition) is 8. The molecule has 8 N–H and O–H groups in total. The number of nitrogens with zero attached hydrogens (tertiary/aromatic N) is 2. The third kappa shape index (κ3) is 11.5. The summed E-state index contributed by atoms with van der Waals surface area (Å²) in [6, 6.07) is 8.19. The lowest BCUT2D eigenvalue weighted by atomic mass is 9.96. The number of benzene rings is 2. The van der Waals surface area contributed by atoms with Gasteiger partial charge >= 0.3 is 0 Å². The minimum atomic E-state index is -1.50. The fourth-order valence-corrected chi connectivity index (χ4v) is 8.93. The molecule has 4 heterocycles. The number of aliphatic hydroxyl groups is 1. The lowest BCUT2D eigenvalue weighted by Gasteiger charge is -2.33. The highest BCUT2D eigenvalue weighted by molar-refractivity contribution is 5.99. The standard InChI is InChI=1S/C47H63N9O9/c1-6-27(4)39-45(63)51-33(23-30-24-48-32-17-11-10-16-31(30)32)41(59)49-25-37(58)50-34(22-29-14-8-7-9-15-29)46(64)55-20-12-18-35(55)42(60)52-38(26(2)3)44(62)54-40(28(5)57)47(65)56-21-13-19-36(56)43(61)53-39/h7-11,14-17,24,26-28,33-36,38-40,48,57H,6,12-13,18-23,25H2,1-5H3,(H,49,59)(H,50,58)(H,51,63)(H,52,60)(H,53,61)(H,54,62)/t27-,28?,33-,34-,35-,36-,38-,39-,40-/m0/s1. The average Bonchev–Trinajstić information content (AvgIpc) is 4.08. The molecule has 2 aromatic carbocycles. The van der Waals surface area contributed by atoms with Crippen molar-refractivity contribution in [1.29, 1.82) is 0 Å². The van der Waals surface area contributed by atoms with Crippen LogP contribution >= 0.6 is 0 Å². The van der Waals surface area contributed by atoms with Crippen LogP contribution in [-0.2, 0) is 51.2 Å². The van der Waals surface area contributed by atoms with Crippen LogP contribution in [0.25, 0.3) is 10.9 Å². The number of aromatic nitrogens is 1. The monoisotopic (exact) mass is 897 g/mol. The van der Waals surface area contributed by atoms with Crippen LogP contribution in [0, 0.1) is 11.8 Å². The zero-order valence-corrected chi connectivity index (χ0v) is 37.7. The number of nitrogens with one attached hydrogen (secondary N) is 7. The maximum atomic E-state index is 14.4. The minimum Gasteiger partial charge on any atom is -0.391 e. The van der Waals surface area contributed by atoms with Crippen LogP contribution in [0.3, 0.4) is 0 Å². The van der Waals surface area contributed by atoms with Crippen molar-refractivity contribution < 1.29 is 43.5 Å². The number of carbonyl (C=O) groups excluding carboxylic acids is 8. The number of para-hydroxylation sites is 1. The zero-order valence-electron chi connectivity index (χ0n) is 37.7. The van der Waals surface area contributed by atoms with Crippen molar-refractivity contribution in [3.05, 3.63) is 71.9 Å². The molecule has 3 aliphatic heterocycles. The molecule has 3 aliphatic rings. The van der Waals surface area contributed by atoms with Gasteiger partial charge in [0.1, 0.15) is 42.3 Å². The van der Waals surface area contributed by atoms with Gasteiger partial charge in [-0.05, 0) is 61.6 Å². The molecule has 0 radical (unpaired) electrons. The van der Waals surface area contributed by atoms with Gasteiger partial charge < -0.3 is 51.8 Å². The van der Waals surface area contributed by atoms with E-state index in [1.807, 2.05) is 37.3 Å². The van der Waals surface area contributed by atoms with Crippen molar-refractivity contribution in [1.82, 2.24) is 46.7 Å². The smallest absolute Gasteiger partial charge is 0.248 e. The Hall–Kier alpha value is -6.30. The maximum absolute atomic E-state index is 14.4. The number of H-pyrrole nitrogens is 1. The van der Waals surface area contributed by atoms with Crippen LogP contribution in [0.5, 0.6) is 0 Å². The lowest BCUT2D eigenvalue weighted by molar-refractivity contribution is -0.145. The average molecular weight is 898 g/mol. The maximum Gasteiger partial charge on any atom is 0.248 e. The third-order valence-electron chi connectivity index (χ3n) is 12.8. The largest absolute Gasteiger partial charge is 0.391 e. The summed E-state index contributed by atoms with van der Waals surface area (Å²) in [4.78, 5) is 119. The second kappa shape index (κ2) is 21.6. The van der Waals surface area contributed by atoms with E-state index in [-0.39, 0.29) is 38.8 Å². The van der Waals surface area contributed by atoms with Crippen molar-refractivity contribution >= 4 is 58.2 Å². The normalized spacial score (nSPS) is 26.8. The number of hydrogen-bond acceptors (Lipinski definition) is 9. The number of aliphatic hydroxyl groups excluding tert-OH is 1. The first kappa shape index (κ1) is 48.2. The van der Waals surface area contributed by atoms with E-state index in [2.05, 4.69) is 36.9 Å². The first-order valence-electron chi connectivity index (χ1n) is 22.7. The van der Waals surface area contributed by atoms with Crippen molar-refractivity contribution in [2.24, 2.45) is 11.8 Å². The molecule has 18 heteroatoms. The highest BCUT2D eigenvalue weighted by atomic mass is 16.3. The summed E-state index contributed by atoms with van der Waals surface area (Å²) < 4.78 is 0. The predicted molar refractivity (Wildman–Crippen MR) is 240 cm³/mol. The van der Waals surface area contributed by atoms with Gasteiger partial charge in [0.25, 0.3) is 0 Å². The molecule has 0 saturated carbocycles. The quantitative estimate of drug-likeness (QED) is 0.157. The van der Waals surface area contributed by atoms with Crippen LogP contribution in [0.4, 0.5) is 0 Å². The number of rotatable bonds is 8. The summed E-state index contributed by atoms with van der Waals surface area (Å²) in [5.74, 6) is -6.20. The van der Waals surface area contributed by atoms with Gasteiger partial charge in [-0.2, -0.15) is 0 Å². The molecule has 0 aliphatic carbocycles. The number of amides is 8. The molecule has 3 aromatic rings. The predicted octanol–water partition coefficient (Wildman–Crippen LogP) is 0.572. The molecular weight excluding hydrogens is 835 g/mol. The summed E-state index contributed by atoms with van der Waals surface area (Å²) in [7, 11) is 0. The summed E-state index contributed by atoms with van der Waals surface area (Å²) >= 11 is 0. The fourth-order valence-electron chi connectivity index (χ4n) is 8.93. The fraction of sp³-hybridized carbons (Fsp3) is 0.532. The van der Waals surface area contributed by atoms with E-state index in [1.165, 1.54) is 16.7 Å². The molecule has 1 unspecified atom stereocenters. The minimum absolute atomic E-state index is 0.00688. The lowest BCUT2D eigenvalue weighted by Crippen LogP contribution is -2.63. The molecule has 3 saturated heterocycles. The van der Waals surface area contributed by atoms with E-state index in [0.717, 1.165) is 16.5 Å². The molecule has 0 spiro atoms. The Kier molecular flexibility index (Phi) is 16.0. The SMILES string of the molecule is CC[C@H](C)[C@@H]1NC(=O)[C@@H]2CCCN2C(=O)[C@H](C(C)O)NC(=O)[C@H](C(C)C)NC(=O)[C@@H]2CCCN2C(=O)[C@H](Cc2ccccc2)NC(=O)CNC(=O)[C@H](Cc2c[nH]c3ccccc23)NC1=O. The van der Waals surface area contributed by atoms with E-state index in [9.17, 15) is 43.5 Å². The highest BCUT2D eigenvalue weighted by Gasteiger charge is 2.43.